The van der Waals surface area contributed by atoms with Crippen LogP contribution in [0.15, 0.2) is 77.7 Å². The molecule has 1 amide bonds. The van der Waals surface area contributed by atoms with Crippen LogP contribution in [0.1, 0.15) is 5.56 Å². The Bertz CT molecular complexity index is 904. The molecule has 3 aromatic carbocycles. The van der Waals surface area contributed by atoms with Gasteiger partial charge in [0.25, 0.3) is 0 Å². The Labute approximate surface area is 165 Å². The fraction of sp³-hybridized carbons (Fsp3) is 0.261. The normalized spacial score (nSPS) is 15.2. The van der Waals surface area contributed by atoms with Crippen molar-refractivity contribution in [1.82, 2.24) is 9.80 Å². The monoisotopic (exact) mass is 376 g/mol. The Balaban J connectivity index is 1.26. The number of nitrogens with zero attached hydrogens (tertiary/aromatic N) is 2. The molecule has 0 saturated carbocycles. The largest absolute Gasteiger partial charge is 0.339 e. The topological polar surface area (TPSA) is 23.6 Å². The van der Waals surface area contributed by atoms with E-state index in [0.717, 1.165) is 37.6 Å². The second-order valence-electron chi connectivity index (χ2n) is 6.94. The highest BCUT2D eigenvalue weighted by molar-refractivity contribution is 8.00. The molecule has 1 aliphatic rings. The van der Waals surface area contributed by atoms with Crippen LogP contribution in [0.3, 0.4) is 0 Å². The molecule has 0 aromatic heterocycles. The van der Waals surface area contributed by atoms with E-state index in [-0.39, 0.29) is 5.91 Å². The maximum absolute atomic E-state index is 12.6. The summed E-state index contributed by atoms with van der Waals surface area (Å²) in [6.07, 6.45) is 0. The maximum atomic E-state index is 12.6. The van der Waals surface area contributed by atoms with Crippen LogP contribution in [0.2, 0.25) is 0 Å². The minimum Gasteiger partial charge on any atom is -0.339 e. The van der Waals surface area contributed by atoms with Crippen molar-refractivity contribution in [3.8, 4) is 0 Å². The molecular formula is C23H24N2OS. The third-order valence-electron chi connectivity index (χ3n) is 5.06. The van der Waals surface area contributed by atoms with Crippen molar-refractivity contribution in [2.24, 2.45) is 0 Å². The van der Waals surface area contributed by atoms with Crippen LogP contribution in [0.25, 0.3) is 10.8 Å². The predicted octanol–water partition coefficient (Wildman–Crippen LogP) is 4.28. The number of piperazine rings is 1. The number of hydrogen-bond donors (Lipinski definition) is 0. The van der Waals surface area contributed by atoms with E-state index in [9.17, 15) is 4.79 Å². The van der Waals surface area contributed by atoms with Gasteiger partial charge in [-0.05, 0) is 28.5 Å². The molecular weight excluding hydrogens is 352 g/mol. The lowest BCUT2D eigenvalue weighted by molar-refractivity contribution is -0.130. The van der Waals surface area contributed by atoms with Crippen molar-refractivity contribution in [3.63, 3.8) is 0 Å². The second kappa shape index (κ2) is 8.59. The standard InChI is InChI=1S/C23H24N2OS/c26-23(18-27-22-11-10-20-8-4-5-9-21(20)16-22)25-14-12-24(13-15-25)17-19-6-2-1-3-7-19/h1-11,16H,12-15,17-18H2. The average Bonchev–Trinajstić information content (AvgIpc) is 2.73. The van der Waals surface area contributed by atoms with E-state index >= 15 is 0 Å². The van der Waals surface area contributed by atoms with E-state index < -0.39 is 0 Å². The minimum absolute atomic E-state index is 0.243. The SMILES string of the molecule is O=C(CSc1ccc2ccccc2c1)N1CCN(Cc2ccccc2)CC1. The Kier molecular flexibility index (Phi) is 5.75. The highest BCUT2D eigenvalue weighted by Crippen LogP contribution is 2.24. The molecule has 0 bridgehead atoms. The van der Waals surface area contributed by atoms with E-state index in [4.69, 9.17) is 0 Å². The quantitative estimate of drug-likeness (QED) is 0.621. The summed E-state index contributed by atoms with van der Waals surface area (Å²) in [4.78, 5) is 18.2. The molecule has 1 heterocycles. The van der Waals surface area contributed by atoms with Gasteiger partial charge in [-0.2, -0.15) is 0 Å². The number of benzene rings is 3. The number of rotatable bonds is 5. The van der Waals surface area contributed by atoms with Crippen LogP contribution in [-0.4, -0.2) is 47.6 Å². The molecule has 4 rings (SSSR count). The molecule has 0 N–H and O–H groups in total. The summed E-state index contributed by atoms with van der Waals surface area (Å²) < 4.78 is 0. The summed E-state index contributed by atoms with van der Waals surface area (Å²) in [5, 5.41) is 2.46. The summed E-state index contributed by atoms with van der Waals surface area (Å²) in [7, 11) is 0. The van der Waals surface area contributed by atoms with Gasteiger partial charge in [0.05, 0.1) is 5.75 Å². The van der Waals surface area contributed by atoms with Crippen molar-refractivity contribution >= 4 is 28.4 Å². The first-order chi connectivity index (χ1) is 13.3. The number of fused-ring (bicyclic) bond motifs is 1. The van der Waals surface area contributed by atoms with Gasteiger partial charge >= 0.3 is 0 Å². The Hall–Kier alpha value is -2.30. The van der Waals surface area contributed by atoms with E-state index in [0.29, 0.717) is 5.75 Å². The van der Waals surface area contributed by atoms with Gasteiger partial charge < -0.3 is 4.90 Å². The van der Waals surface area contributed by atoms with Gasteiger partial charge in [-0.1, -0.05) is 60.7 Å². The zero-order valence-electron chi connectivity index (χ0n) is 15.4. The fourth-order valence-electron chi connectivity index (χ4n) is 3.49. The Morgan fingerprint density at radius 3 is 2.30 bits per heavy atom. The molecule has 0 spiro atoms. The van der Waals surface area contributed by atoms with Gasteiger partial charge in [0.2, 0.25) is 5.91 Å². The highest BCUT2D eigenvalue weighted by atomic mass is 32.2. The molecule has 3 aromatic rings. The summed E-state index contributed by atoms with van der Waals surface area (Å²) in [5.41, 5.74) is 1.34. The third kappa shape index (κ3) is 4.71. The molecule has 0 aliphatic carbocycles. The van der Waals surface area contributed by atoms with Crippen LogP contribution in [0.5, 0.6) is 0 Å². The zero-order chi connectivity index (χ0) is 18.5. The first kappa shape index (κ1) is 18.1. The van der Waals surface area contributed by atoms with Gasteiger partial charge in [0.1, 0.15) is 0 Å². The van der Waals surface area contributed by atoms with E-state index in [1.165, 1.54) is 16.3 Å². The highest BCUT2D eigenvalue weighted by Gasteiger charge is 2.21. The van der Waals surface area contributed by atoms with Crippen LogP contribution in [-0.2, 0) is 11.3 Å². The second-order valence-corrected chi connectivity index (χ2v) is 7.99. The number of carbonyl (C=O) groups is 1. The summed E-state index contributed by atoms with van der Waals surface area (Å²) >= 11 is 1.64. The van der Waals surface area contributed by atoms with Crippen molar-refractivity contribution in [3.05, 3.63) is 78.4 Å². The minimum atomic E-state index is 0.243. The molecule has 3 nitrogen and oxygen atoms in total. The number of thioether (sulfide) groups is 1. The van der Waals surface area contributed by atoms with Gasteiger partial charge in [-0.25, -0.2) is 0 Å². The Morgan fingerprint density at radius 1 is 0.815 bits per heavy atom. The fourth-order valence-corrected chi connectivity index (χ4v) is 4.34. The van der Waals surface area contributed by atoms with E-state index in [1.54, 1.807) is 11.8 Å². The summed E-state index contributed by atoms with van der Waals surface area (Å²) in [6, 6.07) is 25.3. The molecule has 1 saturated heterocycles. The van der Waals surface area contributed by atoms with Crippen LogP contribution < -0.4 is 0 Å². The molecule has 4 heteroatoms. The van der Waals surface area contributed by atoms with Gasteiger partial charge in [-0.15, -0.1) is 11.8 Å². The smallest absolute Gasteiger partial charge is 0.233 e. The molecule has 1 fully saturated rings. The molecule has 0 radical (unpaired) electrons. The van der Waals surface area contributed by atoms with Crippen molar-refractivity contribution in [1.29, 1.82) is 0 Å². The number of carbonyl (C=O) groups excluding carboxylic acids is 1. The maximum Gasteiger partial charge on any atom is 0.233 e. The van der Waals surface area contributed by atoms with E-state index in [1.807, 2.05) is 11.0 Å². The molecule has 0 unspecified atom stereocenters. The lowest BCUT2D eigenvalue weighted by Crippen LogP contribution is -2.48. The van der Waals surface area contributed by atoms with E-state index in [2.05, 4.69) is 71.6 Å². The van der Waals surface area contributed by atoms with Gasteiger partial charge in [-0.3, -0.25) is 9.69 Å². The average molecular weight is 377 g/mol. The number of amides is 1. The molecule has 27 heavy (non-hydrogen) atoms. The zero-order valence-corrected chi connectivity index (χ0v) is 16.2. The lowest BCUT2D eigenvalue weighted by atomic mass is 10.1. The van der Waals surface area contributed by atoms with Crippen LogP contribution in [0.4, 0.5) is 0 Å². The predicted molar refractivity (Wildman–Crippen MR) is 113 cm³/mol. The van der Waals surface area contributed by atoms with Crippen molar-refractivity contribution in [2.75, 3.05) is 31.9 Å². The first-order valence-corrected chi connectivity index (χ1v) is 10.4. The Morgan fingerprint density at radius 2 is 1.52 bits per heavy atom. The van der Waals surface area contributed by atoms with Crippen LogP contribution >= 0.6 is 11.8 Å². The first-order valence-electron chi connectivity index (χ1n) is 9.43. The molecule has 0 atom stereocenters. The molecule has 1 aliphatic heterocycles. The third-order valence-corrected chi connectivity index (χ3v) is 6.04. The van der Waals surface area contributed by atoms with Crippen molar-refractivity contribution in [2.45, 2.75) is 11.4 Å². The van der Waals surface area contributed by atoms with Crippen molar-refractivity contribution < 1.29 is 4.79 Å². The van der Waals surface area contributed by atoms with Gasteiger partial charge in [0.15, 0.2) is 0 Å². The number of hydrogen-bond acceptors (Lipinski definition) is 3. The van der Waals surface area contributed by atoms with Gasteiger partial charge in [0, 0.05) is 37.6 Å². The molecule has 138 valence electrons. The van der Waals surface area contributed by atoms with Crippen LogP contribution in [0, 0.1) is 0 Å². The lowest BCUT2D eigenvalue weighted by Gasteiger charge is -2.34. The summed E-state index contributed by atoms with van der Waals surface area (Å²) in [5.74, 6) is 0.754. The summed E-state index contributed by atoms with van der Waals surface area (Å²) in [6.45, 7) is 4.51.